The summed E-state index contributed by atoms with van der Waals surface area (Å²) in [6.45, 7) is 9.40. The van der Waals surface area contributed by atoms with E-state index in [1.165, 1.54) is 22.9 Å². The van der Waals surface area contributed by atoms with Gasteiger partial charge in [-0.3, -0.25) is 0 Å². The molecule has 1 N–H and O–H groups in total. The second-order valence-electron chi connectivity index (χ2n) is 5.65. The van der Waals surface area contributed by atoms with Crippen LogP contribution in [0.2, 0.25) is 0 Å². The molecule has 0 atom stereocenters. The second-order valence-corrected chi connectivity index (χ2v) is 6.71. The van der Waals surface area contributed by atoms with Crippen LogP contribution in [0.5, 0.6) is 0 Å². The highest BCUT2D eigenvalue weighted by Crippen LogP contribution is 2.30. The molecule has 1 aromatic heterocycles. The SMILES string of the molecule is CCCNCc1sc(N2CCC(C)CC2)nc1COC. The van der Waals surface area contributed by atoms with Crippen LogP contribution in [0.3, 0.4) is 0 Å². The van der Waals surface area contributed by atoms with E-state index in [1.54, 1.807) is 7.11 Å². The summed E-state index contributed by atoms with van der Waals surface area (Å²) in [6, 6.07) is 0. The third kappa shape index (κ3) is 4.17. The second kappa shape index (κ2) is 7.96. The van der Waals surface area contributed by atoms with Gasteiger partial charge in [0.15, 0.2) is 5.13 Å². The minimum atomic E-state index is 0.615. The number of aromatic nitrogens is 1. The summed E-state index contributed by atoms with van der Waals surface area (Å²) in [4.78, 5) is 8.57. The fraction of sp³-hybridized carbons (Fsp3) is 0.800. The Bertz CT molecular complexity index is 400. The molecule has 1 fully saturated rings. The molecular weight excluding hydrogens is 270 g/mol. The van der Waals surface area contributed by atoms with Crippen LogP contribution in [-0.4, -0.2) is 31.7 Å². The zero-order valence-electron chi connectivity index (χ0n) is 12.9. The Kier molecular flexibility index (Phi) is 6.26. The predicted molar refractivity (Wildman–Crippen MR) is 85.4 cm³/mol. The first-order chi connectivity index (χ1) is 9.74. The van der Waals surface area contributed by atoms with E-state index in [4.69, 9.17) is 9.72 Å². The largest absolute Gasteiger partial charge is 0.378 e. The van der Waals surface area contributed by atoms with E-state index in [-0.39, 0.29) is 0 Å². The average molecular weight is 297 g/mol. The van der Waals surface area contributed by atoms with Crippen molar-refractivity contribution in [3.8, 4) is 0 Å². The number of hydrogen-bond acceptors (Lipinski definition) is 5. The summed E-state index contributed by atoms with van der Waals surface area (Å²) >= 11 is 1.83. The zero-order valence-corrected chi connectivity index (χ0v) is 13.8. The van der Waals surface area contributed by atoms with E-state index in [9.17, 15) is 0 Å². The molecule has 1 saturated heterocycles. The summed E-state index contributed by atoms with van der Waals surface area (Å²) in [6.07, 6.45) is 3.72. The fourth-order valence-electron chi connectivity index (χ4n) is 2.47. The predicted octanol–water partition coefficient (Wildman–Crippen LogP) is 3.03. The third-order valence-electron chi connectivity index (χ3n) is 3.81. The molecule has 114 valence electrons. The topological polar surface area (TPSA) is 37.4 Å². The Morgan fingerprint density at radius 1 is 1.40 bits per heavy atom. The minimum absolute atomic E-state index is 0.615. The maximum atomic E-state index is 5.29. The average Bonchev–Trinajstić information content (AvgIpc) is 2.84. The number of ether oxygens (including phenoxy) is 1. The van der Waals surface area contributed by atoms with Crippen LogP contribution in [0.4, 0.5) is 5.13 Å². The normalized spacial score (nSPS) is 16.9. The Labute approximate surface area is 126 Å². The lowest BCUT2D eigenvalue weighted by Crippen LogP contribution is -2.32. The van der Waals surface area contributed by atoms with E-state index >= 15 is 0 Å². The summed E-state index contributed by atoms with van der Waals surface area (Å²) in [7, 11) is 1.74. The van der Waals surface area contributed by atoms with Crippen LogP contribution in [0, 0.1) is 5.92 Å². The van der Waals surface area contributed by atoms with Crippen molar-refractivity contribution >= 4 is 16.5 Å². The van der Waals surface area contributed by atoms with Crippen LogP contribution >= 0.6 is 11.3 Å². The maximum absolute atomic E-state index is 5.29. The van der Waals surface area contributed by atoms with Crippen LogP contribution in [-0.2, 0) is 17.9 Å². The van der Waals surface area contributed by atoms with E-state index in [1.807, 2.05) is 11.3 Å². The highest BCUT2D eigenvalue weighted by molar-refractivity contribution is 7.15. The number of rotatable bonds is 7. The Hall–Kier alpha value is -0.650. The lowest BCUT2D eigenvalue weighted by Gasteiger charge is -2.29. The third-order valence-corrected chi connectivity index (χ3v) is 4.97. The quantitative estimate of drug-likeness (QED) is 0.785. The summed E-state index contributed by atoms with van der Waals surface area (Å²) in [5, 5.41) is 4.65. The molecule has 2 rings (SSSR count). The molecule has 0 amide bonds. The van der Waals surface area contributed by atoms with Crippen LogP contribution < -0.4 is 10.2 Å². The molecular formula is C15H27N3OS. The van der Waals surface area contributed by atoms with Gasteiger partial charge in [-0.1, -0.05) is 13.8 Å². The Morgan fingerprint density at radius 3 is 2.80 bits per heavy atom. The maximum Gasteiger partial charge on any atom is 0.185 e. The van der Waals surface area contributed by atoms with Gasteiger partial charge < -0.3 is 15.0 Å². The molecule has 1 aliphatic rings. The standard InChI is InChI=1S/C15H27N3OS/c1-4-7-16-10-14-13(11-19-3)17-15(20-14)18-8-5-12(2)6-9-18/h12,16H,4-11H2,1-3H3. The Balaban J connectivity index is 2.03. The van der Waals surface area contributed by atoms with Crippen LogP contribution in [0.1, 0.15) is 43.7 Å². The Morgan fingerprint density at radius 2 is 2.15 bits per heavy atom. The summed E-state index contributed by atoms with van der Waals surface area (Å²) in [5.74, 6) is 0.857. The van der Waals surface area contributed by atoms with Gasteiger partial charge in [-0.15, -0.1) is 11.3 Å². The van der Waals surface area contributed by atoms with Crippen molar-refractivity contribution in [1.82, 2.24) is 10.3 Å². The number of methoxy groups -OCH3 is 1. The van der Waals surface area contributed by atoms with Gasteiger partial charge >= 0.3 is 0 Å². The molecule has 4 nitrogen and oxygen atoms in total. The van der Waals surface area contributed by atoms with Gasteiger partial charge in [-0.2, -0.15) is 0 Å². The molecule has 0 bridgehead atoms. The van der Waals surface area contributed by atoms with E-state index < -0.39 is 0 Å². The van der Waals surface area contributed by atoms with Gasteiger partial charge in [0.25, 0.3) is 0 Å². The smallest absolute Gasteiger partial charge is 0.185 e. The molecule has 0 saturated carbocycles. The number of anilines is 1. The van der Waals surface area contributed by atoms with Gasteiger partial charge in [0.1, 0.15) is 0 Å². The van der Waals surface area contributed by atoms with Gasteiger partial charge in [0, 0.05) is 31.6 Å². The van der Waals surface area contributed by atoms with Crippen molar-refractivity contribution in [3.63, 3.8) is 0 Å². The number of hydrogen-bond donors (Lipinski definition) is 1. The van der Waals surface area contributed by atoms with Crippen molar-refractivity contribution in [2.45, 2.75) is 46.3 Å². The monoisotopic (exact) mass is 297 g/mol. The molecule has 2 heterocycles. The lowest BCUT2D eigenvalue weighted by atomic mass is 10.00. The number of thiazole rings is 1. The van der Waals surface area contributed by atoms with E-state index in [0.717, 1.165) is 44.2 Å². The van der Waals surface area contributed by atoms with Crippen molar-refractivity contribution in [1.29, 1.82) is 0 Å². The molecule has 0 aromatic carbocycles. The fourth-order valence-corrected chi connectivity index (χ4v) is 3.56. The summed E-state index contributed by atoms with van der Waals surface area (Å²) < 4.78 is 5.29. The molecule has 0 aliphatic carbocycles. The summed E-state index contributed by atoms with van der Waals surface area (Å²) in [5.41, 5.74) is 1.11. The van der Waals surface area contributed by atoms with Crippen molar-refractivity contribution in [2.75, 3.05) is 31.6 Å². The molecule has 20 heavy (non-hydrogen) atoms. The van der Waals surface area contributed by atoms with E-state index in [2.05, 4.69) is 24.1 Å². The first-order valence-electron chi connectivity index (χ1n) is 7.67. The van der Waals surface area contributed by atoms with Crippen LogP contribution in [0.25, 0.3) is 0 Å². The van der Waals surface area contributed by atoms with Gasteiger partial charge in [-0.05, 0) is 31.7 Å². The van der Waals surface area contributed by atoms with Gasteiger partial charge in [-0.25, -0.2) is 4.98 Å². The molecule has 0 spiro atoms. The number of nitrogens with one attached hydrogen (secondary N) is 1. The molecule has 0 unspecified atom stereocenters. The van der Waals surface area contributed by atoms with Crippen molar-refractivity contribution in [3.05, 3.63) is 10.6 Å². The molecule has 1 aliphatic heterocycles. The highest BCUT2D eigenvalue weighted by Gasteiger charge is 2.20. The number of nitrogens with zero attached hydrogens (tertiary/aromatic N) is 2. The van der Waals surface area contributed by atoms with Crippen molar-refractivity contribution in [2.24, 2.45) is 5.92 Å². The van der Waals surface area contributed by atoms with Gasteiger partial charge in [0.05, 0.1) is 12.3 Å². The lowest BCUT2D eigenvalue weighted by molar-refractivity contribution is 0.181. The van der Waals surface area contributed by atoms with Gasteiger partial charge in [0.2, 0.25) is 0 Å². The molecule has 1 aromatic rings. The zero-order chi connectivity index (χ0) is 14.4. The number of piperidine rings is 1. The van der Waals surface area contributed by atoms with Crippen molar-refractivity contribution < 1.29 is 4.74 Å². The minimum Gasteiger partial charge on any atom is -0.378 e. The molecule has 5 heteroatoms. The molecule has 0 radical (unpaired) electrons. The first kappa shape index (κ1) is 15.7. The first-order valence-corrected chi connectivity index (χ1v) is 8.49. The van der Waals surface area contributed by atoms with Crippen LogP contribution in [0.15, 0.2) is 0 Å². The highest BCUT2D eigenvalue weighted by atomic mass is 32.1. The van der Waals surface area contributed by atoms with E-state index in [0.29, 0.717) is 6.61 Å².